The number of carboxylic acid groups (broad SMARTS) is 1. The molecule has 0 unspecified atom stereocenters. The van der Waals surface area contributed by atoms with Crippen LogP contribution in [0.25, 0.3) is 0 Å². The first-order valence-electron chi connectivity index (χ1n) is 7.18. The summed E-state index contributed by atoms with van der Waals surface area (Å²) in [6.07, 6.45) is -5.18. The van der Waals surface area contributed by atoms with E-state index in [0.29, 0.717) is 0 Å². The van der Waals surface area contributed by atoms with Crippen LogP contribution in [0.15, 0.2) is 24.3 Å². The Hall–Kier alpha value is -2.09. The van der Waals surface area contributed by atoms with Crippen molar-refractivity contribution < 1.29 is 32.6 Å². The van der Waals surface area contributed by atoms with Gasteiger partial charge in [0.1, 0.15) is 5.60 Å². The number of aliphatic carboxylic acids is 1. The van der Waals surface area contributed by atoms with E-state index in [9.17, 15) is 22.8 Å². The highest BCUT2D eigenvalue weighted by Crippen LogP contribution is 2.33. The molecule has 0 saturated carbocycles. The van der Waals surface area contributed by atoms with E-state index in [4.69, 9.17) is 15.6 Å². The molecule has 3 N–H and O–H groups in total. The number of benzene rings is 1. The molecule has 0 heterocycles. The number of alkyl halides is 3. The van der Waals surface area contributed by atoms with Crippen LogP contribution in [0.2, 0.25) is 0 Å². The van der Waals surface area contributed by atoms with E-state index in [1.165, 1.54) is 6.07 Å². The molecular weight excluding hydrogens is 327 g/mol. The first kappa shape index (κ1) is 20.0. The van der Waals surface area contributed by atoms with Crippen LogP contribution in [-0.2, 0) is 20.5 Å². The molecule has 8 heteroatoms. The summed E-state index contributed by atoms with van der Waals surface area (Å²) in [7, 11) is 0. The Bertz CT molecular complexity index is 608. The number of hydrogen-bond donors (Lipinski definition) is 2. The second-order valence-corrected chi connectivity index (χ2v) is 6.40. The lowest BCUT2D eigenvalue weighted by Gasteiger charge is -2.27. The van der Waals surface area contributed by atoms with Gasteiger partial charge in [-0.15, -0.1) is 0 Å². The number of carbonyl (C=O) groups is 2. The molecule has 0 saturated heterocycles. The van der Waals surface area contributed by atoms with Gasteiger partial charge >= 0.3 is 18.1 Å². The zero-order valence-corrected chi connectivity index (χ0v) is 13.6. The van der Waals surface area contributed by atoms with Gasteiger partial charge in [0.15, 0.2) is 0 Å². The van der Waals surface area contributed by atoms with E-state index in [1.54, 1.807) is 20.8 Å². The number of nitrogens with two attached hydrogens (primary N) is 1. The lowest BCUT2D eigenvalue weighted by atomic mass is 9.89. The molecule has 0 bridgehead atoms. The first-order chi connectivity index (χ1) is 10.8. The Kier molecular flexibility index (Phi) is 5.99. The van der Waals surface area contributed by atoms with E-state index in [-0.39, 0.29) is 5.56 Å². The second-order valence-electron chi connectivity index (χ2n) is 6.40. The van der Waals surface area contributed by atoms with Crippen LogP contribution in [0.3, 0.4) is 0 Å². The van der Waals surface area contributed by atoms with Gasteiger partial charge in [-0.05, 0) is 32.4 Å². The van der Waals surface area contributed by atoms with Crippen LogP contribution in [0, 0.1) is 0 Å². The molecule has 0 aromatic heterocycles. The fourth-order valence-corrected chi connectivity index (χ4v) is 2.15. The molecule has 0 aliphatic carbocycles. The molecule has 0 aliphatic heterocycles. The molecule has 0 fully saturated rings. The van der Waals surface area contributed by atoms with Crippen molar-refractivity contribution in [3.05, 3.63) is 35.4 Å². The molecule has 2 atom stereocenters. The average molecular weight is 347 g/mol. The van der Waals surface area contributed by atoms with Crippen LogP contribution in [-0.4, -0.2) is 28.7 Å². The molecule has 134 valence electrons. The van der Waals surface area contributed by atoms with Gasteiger partial charge < -0.3 is 15.6 Å². The van der Waals surface area contributed by atoms with Crippen molar-refractivity contribution in [2.24, 2.45) is 5.73 Å². The van der Waals surface area contributed by atoms with E-state index in [0.717, 1.165) is 18.2 Å². The van der Waals surface area contributed by atoms with E-state index in [2.05, 4.69) is 0 Å². The minimum atomic E-state index is -4.59. The van der Waals surface area contributed by atoms with Crippen molar-refractivity contribution in [1.29, 1.82) is 0 Å². The predicted octanol–water partition coefficient (Wildman–Crippen LogP) is 2.93. The summed E-state index contributed by atoms with van der Waals surface area (Å²) in [6.45, 7) is 4.78. The lowest BCUT2D eigenvalue weighted by molar-refractivity contribution is -0.157. The SMILES string of the molecule is CC(C)(C)OC(=O)[C@H](c1cccc(C(F)(F)F)c1)[C@@H](N)CC(=O)O. The quantitative estimate of drug-likeness (QED) is 0.800. The summed E-state index contributed by atoms with van der Waals surface area (Å²) >= 11 is 0. The number of halogens is 3. The summed E-state index contributed by atoms with van der Waals surface area (Å²) in [6, 6.07) is 2.87. The Morgan fingerprint density at radius 2 is 1.83 bits per heavy atom. The maximum atomic E-state index is 12.9. The van der Waals surface area contributed by atoms with Gasteiger partial charge in [-0.3, -0.25) is 9.59 Å². The number of ether oxygens (including phenoxy) is 1. The molecule has 0 aliphatic rings. The normalized spacial score (nSPS) is 14.8. The van der Waals surface area contributed by atoms with Crippen LogP contribution in [0.1, 0.15) is 44.2 Å². The first-order valence-corrected chi connectivity index (χ1v) is 7.18. The molecule has 5 nitrogen and oxygen atoms in total. The van der Waals surface area contributed by atoms with Gasteiger partial charge in [-0.25, -0.2) is 0 Å². The molecule has 1 aromatic rings. The Balaban J connectivity index is 3.27. The maximum absolute atomic E-state index is 12.9. The number of carbonyl (C=O) groups excluding carboxylic acids is 1. The highest BCUT2D eigenvalue weighted by atomic mass is 19.4. The van der Waals surface area contributed by atoms with Crippen LogP contribution in [0.5, 0.6) is 0 Å². The second kappa shape index (κ2) is 7.21. The third-order valence-electron chi connectivity index (χ3n) is 3.07. The van der Waals surface area contributed by atoms with Crippen molar-refractivity contribution in [1.82, 2.24) is 0 Å². The molecule has 1 rings (SSSR count). The highest BCUT2D eigenvalue weighted by molar-refractivity contribution is 5.81. The average Bonchev–Trinajstić information content (AvgIpc) is 2.34. The van der Waals surface area contributed by atoms with Crippen molar-refractivity contribution in [2.45, 2.75) is 50.9 Å². The van der Waals surface area contributed by atoms with Crippen LogP contribution < -0.4 is 5.73 Å². The van der Waals surface area contributed by atoms with Gasteiger partial charge in [0.25, 0.3) is 0 Å². The summed E-state index contributed by atoms with van der Waals surface area (Å²) in [5.74, 6) is -3.44. The number of esters is 1. The summed E-state index contributed by atoms with van der Waals surface area (Å²) in [5, 5.41) is 8.87. The van der Waals surface area contributed by atoms with Crippen LogP contribution in [0.4, 0.5) is 13.2 Å². The third kappa shape index (κ3) is 5.84. The molecular formula is C16H20F3NO4. The van der Waals surface area contributed by atoms with Gasteiger partial charge in [0.2, 0.25) is 0 Å². The van der Waals surface area contributed by atoms with E-state index >= 15 is 0 Å². The number of hydrogen-bond acceptors (Lipinski definition) is 4. The topological polar surface area (TPSA) is 89.6 Å². The third-order valence-corrected chi connectivity index (χ3v) is 3.07. The highest BCUT2D eigenvalue weighted by Gasteiger charge is 2.36. The Labute approximate surface area is 137 Å². The fourth-order valence-electron chi connectivity index (χ4n) is 2.15. The Morgan fingerprint density at radius 3 is 2.29 bits per heavy atom. The molecule has 0 radical (unpaired) electrons. The van der Waals surface area contributed by atoms with E-state index in [1.807, 2.05) is 0 Å². The minimum Gasteiger partial charge on any atom is -0.481 e. The standard InChI is InChI=1S/C16H20F3NO4/c1-15(2,3)24-14(23)13(11(20)8-12(21)22)9-5-4-6-10(7-9)16(17,18)19/h4-7,11,13H,8,20H2,1-3H3,(H,21,22)/t11-,13+/m0/s1. The molecule has 0 spiro atoms. The smallest absolute Gasteiger partial charge is 0.416 e. The molecule has 1 aromatic carbocycles. The van der Waals surface area contributed by atoms with Gasteiger partial charge in [0, 0.05) is 6.04 Å². The van der Waals surface area contributed by atoms with Crippen LogP contribution >= 0.6 is 0 Å². The summed E-state index contributed by atoms with van der Waals surface area (Å²) < 4.78 is 43.8. The molecule has 24 heavy (non-hydrogen) atoms. The molecule has 0 amide bonds. The van der Waals surface area contributed by atoms with Crippen molar-refractivity contribution in [3.8, 4) is 0 Å². The van der Waals surface area contributed by atoms with E-state index < -0.39 is 47.7 Å². The van der Waals surface area contributed by atoms with Gasteiger partial charge in [-0.2, -0.15) is 13.2 Å². The van der Waals surface area contributed by atoms with Crippen molar-refractivity contribution in [3.63, 3.8) is 0 Å². The number of carboxylic acids is 1. The lowest BCUT2D eigenvalue weighted by Crippen LogP contribution is -2.39. The minimum absolute atomic E-state index is 0.0344. The van der Waals surface area contributed by atoms with Gasteiger partial charge in [-0.1, -0.05) is 18.2 Å². The summed E-state index contributed by atoms with van der Waals surface area (Å²) in [5.41, 5.74) is 3.90. The Morgan fingerprint density at radius 1 is 1.25 bits per heavy atom. The maximum Gasteiger partial charge on any atom is 0.416 e. The summed E-state index contributed by atoms with van der Waals surface area (Å²) in [4.78, 5) is 23.2. The van der Waals surface area contributed by atoms with Gasteiger partial charge in [0.05, 0.1) is 17.9 Å². The zero-order valence-electron chi connectivity index (χ0n) is 13.6. The van der Waals surface area contributed by atoms with Crippen molar-refractivity contribution >= 4 is 11.9 Å². The fraction of sp³-hybridized carbons (Fsp3) is 0.500. The number of rotatable bonds is 5. The largest absolute Gasteiger partial charge is 0.481 e. The zero-order chi connectivity index (χ0) is 18.7. The van der Waals surface area contributed by atoms with Crippen molar-refractivity contribution in [2.75, 3.05) is 0 Å². The predicted molar refractivity (Wildman–Crippen MR) is 80.3 cm³/mol. The monoisotopic (exact) mass is 347 g/mol.